The highest BCUT2D eigenvalue weighted by Gasteiger charge is 2.44. The minimum Gasteiger partial charge on any atom is -0.0623 e. The highest BCUT2D eigenvalue weighted by atomic mass is 28.3. The van der Waals surface area contributed by atoms with Crippen molar-refractivity contribution >= 4 is 57.6 Å². The van der Waals surface area contributed by atoms with Crippen LogP contribution >= 0.6 is 0 Å². The monoisotopic (exact) mass is 608 g/mol. The highest BCUT2D eigenvalue weighted by molar-refractivity contribution is 7.21. The Balaban J connectivity index is 1.53. The third-order valence-corrected chi connectivity index (χ3v) is 18.9. The van der Waals surface area contributed by atoms with Crippen LogP contribution in [0.3, 0.4) is 0 Å². The van der Waals surface area contributed by atoms with E-state index >= 15 is 0 Å². The van der Waals surface area contributed by atoms with Gasteiger partial charge in [-0.15, -0.1) is 0 Å². The van der Waals surface area contributed by atoms with Crippen molar-refractivity contribution < 1.29 is 0 Å². The lowest BCUT2D eigenvalue weighted by atomic mass is 10.2. The average molecular weight is 609 g/mol. The van der Waals surface area contributed by atoms with Gasteiger partial charge in [0.1, 0.15) is 0 Å². The second-order valence-corrected chi connectivity index (χ2v) is 19.4. The largest absolute Gasteiger partial charge is 0.179 e. The van der Waals surface area contributed by atoms with Crippen molar-refractivity contribution in [1.82, 2.24) is 0 Å². The predicted molar refractivity (Wildman–Crippen MR) is 198 cm³/mol. The maximum atomic E-state index is 2.46. The van der Waals surface area contributed by atoms with E-state index in [0.29, 0.717) is 0 Å². The van der Waals surface area contributed by atoms with E-state index in [2.05, 4.69) is 207 Å². The Morgan fingerprint density at radius 1 is 0.222 bits per heavy atom. The summed E-state index contributed by atoms with van der Waals surface area (Å²) in [5.74, 6) is 0. The molecule has 0 spiro atoms. The van der Waals surface area contributed by atoms with E-state index in [0.717, 1.165) is 0 Å². The predicted octanol–water partition coefficient (Wildman–Crippen LogP) is 4.75. The quantitative estimate of drug-likeness (QED) is 0.173. The first-order valence-electron chi connectivity index (χ1n) is 15.7. The van der Waals surface area contributed by atoms with E-state index in [-0.39, 0.29) is 0 Å². The summed E-state index contributed by atoms with van der Waals surface area (Å²) in [6.07, 6.45) is 0. The molecule has 0 fully saturated rings. The molecule has 2 heteroatoms. The first-order chi connectivity index (χ1) is 22.2. The molecule has 0 aliphatic rings. The Morgan fingerprint density at radius 3 is 0.622 bits per heavy atom. The van der Waals surface area contributed by atoms with Crippen LogP contribution < -0.4 is 41.5 Å². The lowest BCUT2D eigenvalue weighted by molar-refractivity contribution is 1.49. The third-order valence-electron chi connectivity index (χ3n) is 9.27. The molecule has 45 heavy (non-hydrogen) atoms. The number of hydrogen-bond donors (Lipinski definition) is 0. The molecule has 7 rings (SSSR count). The molecule has 0 N–H and O–H groups in total. The van der Waals surface area contributed by atoms with Crippen molar-refractivity contribution in [1.29, 1.82) is 0 Å². The van der Waals surface area contributed by atoms with Crippen LogP contribution in [0.15, 0.2) is 200 Å². The summed E-state index contributed by atoms with van der Waals surface area (Å²) in [7, 11) is -5.24. The fraction of sp³-hybridized carbons (Fsp3) is 0.0233. The smallest absolute Gasteiger partial charge is 0.0623 e. The summed E-state index contributed by atoms with van der Waals surface area (Å²) in [6.45, 7) is 2.17. The molecule has 7 aromatic carbocycles. The molecule has 0 radical (unpaired) electrons. The molecule has 0 aliphatic heterocycles. The lowest BCUT2D eigenvalue weighted by Gasteiger charge is -2.37. The molecule has 0 nitrogen and oxygen atoms in total. The van der Waals surface area contributed by atoms with Gasteiger partial charge in [0.2, 0.25) is 0 Å². The molecule has 0 saturated carbocycles. The lowest BCUT2D eigenvalue weighted by Crippen LogP contribution is -2.76. The number of aryl methyl sites for hydroxylation is 1. The molecule has 0 aromatic heterocycles. The standard InChI is InChI=1S/C43H36Si2/c1-35-27-29-41(30-28-35)45(39-23-13-5-14-24-39,40-25-15-6-16-26-40)43-33-31-42(32-34-43)44(36-17-7-2-8-18-36,37-19-9-3-10-20-37)38-21-11-4-12-22-38/h2-34H,1H3. The summed E-state index contributed by atoms with van der Waals surface area (Å²) in [5, 5.41) is 11.1. The van der Waals surface area contributed by atoms with Crippen molar-refractivity contribution in [3.05, 3.63) is 206 Å². The average Bonchev–Trinajstić information content (AvgIpc) is 3.13. The second kappa shape index (κ2) is 12.5. The summed E-state index contributed by atoms with van der Waals surface area (Å²) in [4.78, 5) is 0. The Hall–Kier alpha value is -5.03. The van der Waals surface area contributed by atoms with E-state index in [4.69, 9.17) is 0 Å². The van der Waals surface area contributed by atoms with Gasteiger partial charge >= 0.3 is 0 Å². The maximum absolute atomic E-state index is 2.63. The Bertz CT molecular complexity index is 1820. The number of hydrogen-bond acceptors (Lipinski definition) is 0. The summed E-state index contributed by atoms with van der Waals surface area (Å²) in [5.41, 5.74) is 1.28. The van der Waals surface area contributed by atoms with Gasteiger partial charge in [-0.05, 0) is 48.4 Å². The maximum Gasteiger partial charge on any atom is 0.179 e. The van der Waals surface area contributed by atoms with Gasteiger partial charge in [-0.2, -0.15) is 0 Å². The van der Waals surface area contributed by atoms with Gasteiger partial charge < -0.3 is 0 Å². The third kappa shape index (κ3) is 5.02. The normalized spacial score (nSPS) is 11.7. The van der Waals surface area contributed by atoms with Gasteiger partial charge in [-0.3, -0.25) is 0 Å². The zero-order chi connectivity index (χ0) is 30.5. The fourth-order valence-electron chi connectivity index (χ4n) is 7.21. The van der Waals surface area contributed by atoms with Gasteiger partial charge in [0.05, 0.1) is 0 Å². The summed E-state index contributed by atoms with van der Waals surface area (Å²) in [6, 6.07) is 75.0. The van der Waals surface area contributed by atoms with Crippen LogP contribution in [0, 0.1) is 6.92 Å². The number of benzene rings is 7. The molecule has 0 aliphatic carbocycles. The minimum absolute atomic E-state index is 1.28. The first kappa shape index (κ1) is 28.7. The van der Waals surface area contributed by atoms with Crippen LogP contribution in [0.1, 0.15) is 5.56 Å². The van der Waals surface area contributed by atoms with Gasteiger partial charge in [0.25, 0.3) is 0 Å². The van der Waals surface area contributed by atoms with Gasteiger partial charge in [-0.25, -0.2) is 0 Å². The molecule has 216 valence electrons. The fourth-order valence-corrected chi connectivity index (χ4v) is 16.7. The second-order valence-electron chi connectivity index (χ2n) is 11.8. The highest BCUT2D eigenvalue weighted by Crippen LogP contribution is 2.13. The van der Waals surface area contributed by atoms with E-state index in [9.17, 15) is 0 Å². The molecule has 0 saturated heterocycles. The van der Waals surface area contributed by atoms with Gasteiger partial charge in [0.15, 0.2) is 16.1 Å². The van der Waals surface area contributed by atoms with Gasteiger partial charge in [0, 0.05) is 0 Å². The van der Waals surface area contributed by atoms with Crippen molar-refractivity contribution in [3.8, 4) is 0 Å². The van der Waals surface area contributed by atoms with E-state index in [1.807, 2.05) is 0 Å². The van der Waals surface area contributed by atoms with E-state index < -0.39 is 16.1 Å². The van der Waals surface area contributed by atoms with Crippen molar-refractivity contribution in [2.45, 2.75) is 6.92 Å². The topological polar surface area (TPSA) is 0 Å². The van der Waals surface area contributed by atoms with E-state index in [1.165, 1.54) is 47.1 Å². The minimum atomic E-state index is -2.63. The molecular formula is C43H36Si2. The molecule has 0 bridgehead atoms. The SMILES string of the molecule is Cc1ccc([Si](c2ccccc2)(c2ccccc2)c2ccc([Si](c3ccccc3)(c3ccccc3)c3ccccc3)cc2)cc1. The molecule has 7 aromatic rings. The van der Waals surface area contributed by atoms with E-state index in [1.54, 1.807) is 0 Å². The zero-order valence-corrected chi connectivity index (χ0v) is 27.6. The van der Waals surface area contributed by atoms with Crippen LogP contribution in [-0.2, 0) is 0 Å². The van der Waals surface area contributed by atoms with Crippen molar-refractivity contribution in [2.75, 3.05) is 0 Å². The van der Waals surface area contributed by atoms with Crippen LogP contribution in [0.5, 0.6) is 0 Å². The van der Waals surface area contributed by atoms with Gasteiger partial charge in [-0.1, -0.05) is 206 Å². The van der Waals surface area contributed by atoms with Crippen molar-refractivity contribution in [2.24, 2.45) is 0 Å². The van der Waals surface area contributed by atoms with Crippen LogP contribution in [0.25, 0.3) is 0 Å². The Morgan fingerprint density at radius 2 is 0.400 bits per heavy atom. The molecular weight excluding hydrogens is 573 g/mol. The Kier molecular flexibility index (Phi) is 8.00. The van der Waals surface area contributed by atoms with Crippen LogP contribution in [0.4, 0.5) is 0 Å². The Labute approximate surface area is 269 Å². The summed E-state index contributed by atoms with van der Waals surface area (Å²) >= 11 is 0. The zero-order valence-electron chi connectivity index (χ0n) is 25.6. The van der Waals surface area contributed by atoms with Crippen LogP contribution in [0.2, 0.25) is 0 Å². The first-order valence-corrected chi connectivity index (χ1v) is 19.7. The molecule has 0 unspecified atom stereocenters. The number of rotatable bonds is 8. The van der Waals surface area contributed by atoms with Crippen LogP contribution in [-0.4, -0.2) is 16.1 Å². The van der Waals surface area contributed by atoms with Crippen molar-refractivity contribution in [3.63, 3.8) is 0 Å². The molecule has 0 heterocycles. The molecule has 0 amide bonds. The molecule has 0 atom stereocenters. The summed E-state index contributed by atoms with van der Waals surface area (Å²) < 4.78 is 0.